The van der Waals surface area contributed by atoms with E-state index in [0.717, 1.165) is 33.7 Å². The highest BCUT2D eigenvalue weighted by Crippen LogP contribution is 2.51. The van der Waals surface area contributed by atoms with Gasteiger partial charge in [0, 0.05) is 54.5 Å². The molecule has 0 amide bonds. The largest absolute Gasteiger partial charge is 0.308 e. The van der Waals surface area contributed by atoms with E-state index in [1.807, 2.05) is 0 Å². The average molecular weight is 785 g/mol. The zero-order valence-electron chi connectivity index (χ0n) is 35.3. The van der Waals surface area contributed by atoms with Gasteiger partial charge in [0.2, 0.25) is 0 Å². The van der Waals surface area contributed by atoms with Gasteiger partial charge in [-0.05, 0) is 98.8 Å². The van der Waals surface area contributed by atoms with Gasteiger partial charge >= 0.3 is 0 Å². The molecule has 4 nitrogen and oxygen atoms in total. The van der Waals surface area contributed by atoms with E-state index in [2.05, 4.69) is 213 Å². The summed E-state index contributed by atoms with van der Waals surface area (Å²) < 4.78 is 5.06. The van der Waals surface area contributed by atoms with Crippen LogP contribution < -0.4 is 4.90 Å². The maximum atomic E-state index is 5.97. The van der Waals surface area contributed by atoms with Gasteiger partial charge in [0.15, 0.2) is 0 Å². The van der Waals surface area contributed by atoms with E-state index >= 15 is 0 Å². The fourth-order valence-corrected chi connectivity index (χ4v) is 10.6. The van der Waals surface area contributed by atoms with Crippen LogP contribution in [0, 0.1) is 0 Å². The van der Waals surface area contributed by atoms with Crippen molar-refractivity contribution in [3.63, 3.8) is 0 Å². The monoisotopic (exact) mass is 784 g/mol. The van der Waals surface area contributed by atoms with E-state index in [1.54, 1.807) is 0 Å². The van der Waals surface area contributed by atoms with Gasteiger partial charge in [-0.15, -0.1) is 0 Å². The van der Waals surface area contributed by atoms with Crippen molar-refractivity contribution in [1.82, 2.24) is 13.8 Å². The summed E-state index contributed by atoms with van der Waals surface area (Å²) in [6.45, 7) is 14.0. The number of hydrogen-bond acceptors (Lipinski definition) is 2. The number of rotatable bonds is 3. The van der Waals surface area contributed by atoms with Crippen LogP contribution in [0.4, 0.5) is 17.1 Å². The normalized spacial score (nSPS) is 13.1. The van der Waals surface area contributed by atoms with Crippen LogP contribution in [0.1, 0.15) is 52.7 Å². The Bertz CT molecular complexity index is 3890. The SMILES string of the molecule is CC(C)(C)c1cc(N(c2ccccc2)c2ccccc2)c2c(c1)c1cc3ccccc3c3c4cc5c(nc4n2c13)c1cc(C(C)(C)C)cc2c3ccc4ccccc4c3n5c21. The molecule has 292 valence electrons. The fourth-order valence-electron chi connectivity index (χ4n) is 10.6. The Morgan fingerprint density at radius 1 is 0.410 bits per heavy atom. The molecule has 0 aliphatic rings. The summed E-state index contributed by atoms with van der Waals surface area (Å²) in [4.78, 5) is 8.41. The molecule has 4 heteroatoms. The first-order valence-corrected chi connectivity index (χ1v) is 21.6. The molecule has 0 fully saturated rings. The highest BCUT2D eigenvalue weighted by molar-refractivity contribution is 6.34. The molecule has 0 spiro atoms. The Morgan fingerprint density at radius 2 is 0.967 bits per heavy atom. The molecule has 0 bridgehead atoms. The van der Waals surface area contributed by atoms with Gasteiger partial charge in [-0.1, -0.05) is 139 Å². The Balaban J connectivity index is 1.29. The van der Waals surface area contributed by atoms with Crippen LogP contribution in [0.25, 0.3) is 98.0 Å². The zero-order chi connectivity index (χ0) is 41.1. The minimum atomic E-state index is -0.0962. The van der Waals surface area contributed by atoms with Gasteiger partial charge in [-0.2, -0.15) is 0 Å². The van der Waals surface area contributed by atoms with Crippen LogP contribution in [0.5, 0.6) is 0 Å². The van der Waals surface area contributed by atoms with Crippen molar-refractivity contribution in [3.8, 4) is 0 Å². The standard InChI is InChI=1S/C57H44N4/c1-56(2,3)35-28-43-41-26-25-33-17-13-16-24-40(33)51(41)60-47-32-45-49-39-23-15-14-18-34(39)27-42-44-29-36(57(4,5)6)31-48(59(37-19-9-7-10-20-37)38-21-11-8-12-22-38)53(44)61(54(42)49)55(45)58-50(47)46(30-35)52(43)60/h7-32H,1-6H3. The molecular weight excluding hydrogens is 741 g/mol. The molecule has 5 aromatic heterocycles. The molecule has 0 saturated carbocycles. The third kappa shape index (κ3) is 4.62. The predicted molar refractivity (Wildman–Crippen MR) is 261 cm³/mol. The molecule has 0 aliphatic heterocycles. The Labute approximate surface area is 353 Å². The van der Waals surface area contributed by atoms with Crippen LogP contribution in [-0.4, -0.2) is 13.8 Å². The lowest BCUT2D eigenvalue weighted by atomic mass is 9.85. The second kappa shape index (κ2) is 11.8. The maximum Gasteiger partial charge on any atom is 0.146 e. The lowest BCUT2D eigenvalue weighted by Crippen LogP contribution is -2.15. The molecule has 13 aromatic rings. The van der Waals surface area contributed by atoms with Gasteiger partial charge in [-0.3, -0.25) is 4.40 Å². The number of nitrogens with zero attached hydrogens (tertiary/aromatic N) is 4. The molecule has 8 aromatic carbocycles. The van der Waals surface area contributed by atoms with Crippen LogP contribution in [0.2, 0.25) is 0 Å². The second-order valence-corrected chi connectivity index (χ2v) is 19.3. The Hall–Kier alpha value is -7.17. The van der Waals surface area contributed by atoms with Crippen LogP contribution in [0.3, 0.4) is 0 Å². The van der Waals surface area contributed by atoms with Gasteiger partial charge in [0.05, 0.1) is 38.8 Å². The molecule has 0 radical (unpaired) electrons. The quantitative estimate of drug-likeness (QED) is 0.178. The van der Waals surface area contributed by atoms with Gasteiger partial charge in [0.25, 0.3) is 0 Å². The molecule has 13 rings (SSSR count). The summed E-state index contributed by atoms with van der Waals surface area (Å²) in [5, 5.41) is 13.7. The summed E-state index contributed by atoms with van der Waals surface area (Å²) in [7, 11) is 0. The van der Waals surface area contributed by atoms with Crippen molar-refractivity contribution in [3.05, 3.63) is 169 Å². The average Bonchev–Trinajstić information content (AvgIpc) is 3.98. The zero-order valence-corrected chi connectivity index (χ0v) is 35.3. The first-order chi connectivity index (χ1) is 29.5. The van der Waals surface area contributed by atoms with Gasteiger partial charge in [0.1, 0.15) is 5.65 Å². The minimum Gasteiger partial charge on any atom is -0.308 e. The topological polar surface area (TPSA) is 25.0 Å². The number of aromatic nitrogens is 3. The van der Waals surface area contributed by atoms with Crippen LogP contribution >= 0.6 is 0 Å². The molecule has 61 heavy (non-hydrogen) atoms. The summed E-state index contributed by atoms with van der Waals surface area (Å²) in [5.74, 6) is 0. The third-order valence-corrected chi connectivity index (χ3v) is 13.6. The number of anilines is 3. The molecule has 0 saturated heterocycles. The molecule has 0 N–H and O–H groups in total. The minimum absolute atomic E-state index is 0.0502. The van der Waals surface area contributed by atoms with E-state index in [0.29, 0.717) is 0 Å². The van der Waals surface area contributed by atoms with Crippen molar-refractivity contribution in [2.45, 2.75) is 52.4 Å². The van der Waals surface area contributed by atoms with Crippen molar-refractivity contribution in [1.29, 1.82) is 0 Å². The van der Waals surface area contributed by atoms with Crippen molar-refractivity contribution >= 4 is 115 Å². The highest BCUT2D eigenvalue weighted by atomic mass is 15.2. The fraction of sp³-hybridized carbons (Fsp3) is 0.140. The first-order valence-electron chi connectivity index (χ1n) is 21.6. The molecule has 5 heterocycles. The molecule has 0 atom stereocenters. The number of benzene rings is 8. The van der Waals surface area contributed by atoms with Gasteiger partial charge in [-0.25, -0.2) is 4.98 Å². The summed E-state index contributed by atoms with van der Waals surface area (Å²) in [5.41, 5.74) is 13.9. The van der Waals surface area contributed by atoms with E-state index in [-0.39, 0.29) is 10.8 Å². The maximum absolute atomic E-state index is 5.97. The van der Waals surface area contributed by atoms with Crippen LogP contribution in [0.15, 0.2) is 158 Å². The second-order valence-electron chi connectivity index (χ2n) is 19.3. The van der Waals surface area contributed by atoms with Crippen molar-refractivity contribution < 1.29 is 0 Å². The Kier molecular flexibility index (Phi) is 6.69. The van der Waals surface area contributed by atoms with E-state index in [1.165, 1.54) is 92.4 Å². The number of pyridine rings is 1. The number of para-hydroxylation sites is 2. The van der Waals surface area contributed by atoms with E-state index in [9.17, 15) is 0 Å². The molecule has 0 unspecified atom stereocenters. The molecule has 0 aliphatic carbocycles. The van der Waals surface area contributed by atoms with Crippen molar-refractivity contribution in [2.24, 2.45) is 0 Å². The van der Waals surface area contributed by atoms with E-state index < -0.39 is 0 Å². The number of fused-ring (bicyclic) bond motifs is 16. The smallest absolute Gasteiger partial charge is 0.146 e. The summed E-state index contributed by atoms with van der Waals surface area (Å²) in [6.07, 6.45) is 0. The van der Waals surface area contributed by atoms with Crippen molar-refractivity contribution in [2.75, 3.05) is 4.90 Å². The van der Waals surface area contributed by atoms with E-state index in [4.69, 9.17) is 4.98 Å². The summed E-state index contributed by atoms with van der Waals surface area (Å²) in [6, 6.07) is 58.8. The lowest BCUT2D eigenvalue weighted by Gasteiger charge is -2.29. The molecular formula is C57H44N4. The van der Waals surface area contributed by atoms with Crippen LogP contribution in [-0.2, 0) is 10.8 Å². The lowest BCUT2D eigenvalue weighted by molar-refractivity contribution is 0.591. The predicted octanol–water partition coefficient (Wildman–Crippen LogP) is 15.8. The van der Waals surface area contributed by atoms with Gasteiger partial charge < -0.3 is 9.30 Å². The summed E-state index contributed by atoms with van der Waals surface area (Å²) >= 11 is 0. The first kappa shape index (κ1) is 34.7. The number of hydrogen-bond donors (Lipinski definition) is 0. The Morgan fingerprint density at radius 3 is 1.66 bits per heavy atom. The third-order valence-electron chi connectivity index (χ3n) is 13.6. The highest BCUT2D eigenvalue weighted by Gasteiger charge is 2.30.